The van der Waals surface area contributed by atoms with Gasteiger partial charge in [0.15, 0.2) is 10.9 Å². The largest absolute Gasteiger partial charge is 0.482 e. The molecule has 5 rings (SSSR count). The maximum atomic E-state index is 12.6. The van der Waals surface area contributed by atoms with Crippen LogP contribution in [0, 0.1) is 10.1 Å². The van der Waals surface area contributed by atoms with Crippen LogP contribution in [0.15, 0.2) is 93.2 Å². The Labute approximate surface area is 273 Å². The molecule has 0 aliphatic rings. The van der Waals surface area contributed by atoms with Crippen LogP contribution in [-0.2, 0) is 4.79 Å². The van der Waals surface area contributed by atoms with Gasteiger partial charge in [-0.05, 0) is 66.7 Å². The van der Waals surface area contributed by atoms with Crippen molar-refractivity contribution in [2.24, 2.45) is 5.10 Å². The molecule has 0 aliphatic heterocycles. The minimum absolute atomic E-state index is 0.152. The number of aromatic nitrogens is 1. The Morgan fingerprint density at radius 1 is 1.00 bits per heavy atom. The van der Waals surface area contributed by atoms with Crippen molar-refractivity contribution in [2.45, 2.75) is 9.24 Å². The topological polar surface area (TPSA) is 136 Å². The summed E-state index contributed by atoms with van der Waals surface area (Å²) in [6.07, 6.45) is 1.28. The van der Waals surface area contributed by atoms with Gasteiger partial charge in [-0.3, -0.25) is 19.7 Å². The van der Waals surface area contributed by atoms with E-state index in [0.717, 1.165) is 16.5 Å². The number of nitro groups is 1. The third-order valence-corrected chi connectivity index (χ3v) is 8.69. The Morgan fingerprint density at radius 3 is 2.52 bits per heavy atom. The predicted octanol–water partition coefficient (Wildman–Crippen LogP) is 8.10. The van der Waals surface area contributed by atoms with Gasteiger partial charge in [-0.15, -0.1) is 11.3 Å². The maximum Gasteiger partial charge on any atom is 0.283 e. The van der Waals surface area contributed by atoms with Crippen LogP contribution >= 0.6 is 57.9 Å². The number of rotatable bonds is 10. The molecule has 2 amide bonds. The fourth-order valence-corrected chi connectivity index (χ4v) is 6.45. The van der Waals surface area contributed by atoms with Gasteiger partial charge in [0, 0.05) is 32.9 Å². The monoisotopic (exact) mass is 685 g/mol. The molecule has 0 aliphatic carbocycles. The number of hydrogen-bond acceptors (Lipinski definition) is 9. The van der Waals surface area contributed by atoms with E-state index in [1.807, 2.05) is 0 Å². The first kappa shape index (κ1) is 31.2. The summed E-state index contributed by atoms with van der Waals surface area (Å²) < 4.78 is 6.73. The second-order valence-corrected chi connectivity index (χ2v) is 12.5. The maximum absolute atomic E-state index is 12.6. The summed E-state index contributed by atoms with van der Waals surface area (Å²) >= 11 is 20.2. The van der Waals surface area contributed by atoms with Crippen LogP contribution < -0.4 is 15.5 Å². The number of hydrazone groups is 1. The summed E-state index contributed by atoms with van der Waals surface area (Å²) in [6, 6.07) is 21.0. The molecule has 0 radical (unpaired) electrons. The fourth-order valence-electron chi connectivity index (χ4n) is 3.71. The molecule has 0 unspecified atom stereocenters. The lowest BCUT2D eigenvalue weighted by Gasteiger charge is -2.07. The van der Waals surface area contributed by atoms with Crippen molar-refractivity contribution in [1.82, 2.24) is 10.4 Å². The highest BCUT2D eigenvalue weighted by Crippen LogP contribution is 2.39. The van der Waals surface area contributed by atoms with E-state index in [-0.39, 0.29) is 29.0 Å². The summed E-state index contributed by atoms with van der Waals surface area (Å²) in [5.74, 6) is -0.555. The van der Waals surface area contributed by atoms with Crippen LogP contribution in [0.1, 0.15) is 15.9 Å². The van der Waals surface area contributed by atoms with Gasteiger partial charge >= 0.3 is 0 Å². The van der Waals surface area contributed by atoms with Crippen LogP contribution in [0.5, 0.6) is 5.75 Å². The molecule has 5 aromatic rings. The van der Waals surface area contributed by atoms with Crippen molar-refractivity contribution in [2.75, 3.05) is 11.9 Å². The van der Waals surface area contributed by atoms with Gasteiger partial charge in [0.25, 0.3) is 17.5 Å². The normalized spacial score (nSPS) is 11.1. The van der Waals surface area contributed by atoms with Crippen LogP contribution in [0.3, 0.4) is 0 Å². The smallest absolute Gasteiger partial charge is 0.283 e. The van der Waals surface area contributed by atoms with Crippen molar-refractivity contribution < 1.29 is 19.2 Å². The molecule has 0 atom stereocenters. The number of ether oxygens (including phenoxy) is 1. The van der Waals surface area contributed by atoms with Crippen molar-refractivity contribution in [3.63, 3.8) is 0 Å². The van der Waals surface area contributed by atoms with Gasteiger partial charge in [-0.2, -0.15) is 5.10 Å². The zero-order chi connectivity index (χ0) is 31.2. The van der Waals surface area contributed by atoms with Crippen molar-refractivity contribution in [1.29, 1.82) is 0 Å². The molecule has 0 saturated carbocycles. The Bertz CT molecular complexity index is 1920. The van der Waals surface area contributed by atoms with Gasteiger partial charge in [0.1, 0.15) is 5.75 Å². The van der Waals surface area contributed by atoms with E-state index in [9.17, 15) is 19.7 Å². The molecule has 0 spiro atoms. The molecule has 1 aromatic heterocycles. The van der Waals surface area contributed by atoms with E-state index < -0.39 is 10.8 Å². The lowest BCUT2D eigenvalue weighted by Crippen LogP contribution is -2.24. The molecule has 0 fully saturated rings. The Hall–Kier alpha value is -4.20. The number of nitrogens with one attached hydrogen (secondary N) is 2. The van der Waals surface area contributed by atoms with Crippen molar-refractivity contribution >= 4 is 97.5 Å². The fraction of sp³-hybridized carbons (Fsp3) is 0.0345. The predicted molar refractivity (Wildman–Crippen MR) is 174 cm³/mol. The molecular formula is C29H18Cl3N5O5S2. The molecule has 1 heterocycles. The van der Waals surface area contributed by atoms with Gasteiger partial charge in [-0.1, -0.05) is 52.6 Å². The molecule has 222 valence electrons. The van der Waals surface area contributed by atoms with E-state index in [0.29, 0.717) is 41.6 Å². The lowest BCUT2D eigenvalue weighted by atomic mass is 10.2. The number of hydrogen-bond donors (Lipinski definition) is 2. The Kier molecular flexibility index (Phi) is 9.98. The number of nitro benzene ring substituents is 1. The van der Waals surface area contributed by atoms with Gasteiger partial charge in [-0.25, -0.2) is 10.4 Å². The van der Waals surface area contributed by atoms with Crippen LogP contribution in [0.4, 0.5) is 11.4 Å². The van der Waals surface area contributed by atoms with Crippen LogP contribution in [0.25, 0.3) is 10.2 Å². The zero-order valence-corrected chi connectivity index (χ0v) is 26.0. The number of halogens is 3. The zero-order valence-electron chi connectivity index (χ0n) is 22.1. The van der Waals surface area contributed by atoms with Crippen LogP contribution in [-0.4, -0.2) is 34.5 Å². The number of carbonyl (C=O) groups excluding carboxylic acids is 2. The molecule has 0 saturated heterocycles. The first-order chi connectivity index (χ1) is 21.1. The number of fused-ring (bicyclic) bond motifs is 1. The molecule has 10 nitrogen and oxygen atoms in total. The van der Waals surface area contributed by atoms with Gasteiger partial charge in [0.05, 0.1) is 31.3 Å². The quantitative estimate of drug-likeness (QED) is 0.0861. The number of carbonyl (C=O) groups is 2. The highest BCUT2D eigenvalue weighted by Gasteiger charge is 2.18. The average molecular weight is 687 g/mol. The lowest BCUT2D eigenvalue weighted by molar-refractivity contribution is -0.387. The van der Waals surface area contributed by atoms with Crippen LogP contribution in [0.2, 0.25) is 15.1 Å². The Morgan fingerprint density at radius 2 is 1.77 bits per heavy atom. The van der Waals surface area contributed by atoms with Gasteiger partial charge in [0.2, 0.25) is 0 Å². The first-order valence-corrected chi connectivity index (χ1v) is 15.2. The second-order valence-electron chi connectivity index (χ2n) is 8.87. The Balaban J connectivity index is 1.22. The number of anilines is 1. The first-order valence-electron chi connectivity index (χ1n) is 12.5. The molecule has 4 aromatic carbocycles. The average Bonchev–Trinajstić information content (AvgIpc) is 3.39. The number of nitrogens with zero attached hydrogens (tertiary/aromatic N) is 3. The highest BCUT2D eigenvalue weighted by molar-refractivity contribution is 8.01. The molecular weight excluding hydrogens is 669 g/mol. The standard InChI is InChI=1S/C29H18Cl3N5O5S2/c30-18-4-2-17(3-5-18)28(39)34-20-7-8-22-26(13-20)44-29(35-22)43-25-10-1-16(11-23(25)37(40)41)14-33-36-27(38)15-42-24-9-6-19(31)12-21(24)32/h1-14H,15H2,(H,34,39)(H,36,38)/b33-14-. The van der Waals surface area contributed by atoms with Crippen molar-refractivity contribution in [3.05, 3.63) is 115 Å². The molecule has 15 heteroatoms. The summed E-state index contributed by atoms with van der Waals surface area (Å²) in [4.78, 5) is 40.9. The minimum atomic E-state index is -0.558. The van der Waals surface area contributed by atoms with Gasteiger partial charge < -0.3 is 10.1 Å². The van der Waals surface area contributed by atoms with E-state index in [2.05, 4.69) is 20.8 Å². The van der Waals surface area contributed by atoms with E-state index >= 15 is 0 Å². The van der Waals surface area contributed by atoms with E-state index in [4.69, 9.17) is 39.5 Å². The summed E-state index contributed by atoms with van der Waals surface area (Å²) in [5.41, 5.74) is 4.28. The summed E-state index contributed by atoms with van der Waals surface area (Å²) in [5, 5.41) is 19.8. The molecule has 2 N–H and O–H groups in total. The minimum Gasteiger partial charge on any atom is -0.482 e. The van der Waals surface area contributed by atoms with E-state index in [1.54, 1.807) is 60.7 Å². The SMILES string of the molecule is O=C(COc1ccc(Cl)cc1Cl)N/N=C\c1ccc(Sc2nc3ccc(NC(=O)c4ccc(Cl)cc4)cc3s2)c([N+](=O)[O-])c1. The van der Waals surface area contributed by atoms with E-state index in [1.165, 1.54) is 35.8 Å². The summed E-state index contributed by atoms with van der Waals surface area (Å²) in [7, 11) is 0. The number of amides is 2. The summed E-state index contributed by atoms with van der Waals surface area (Å²) in [6.45, 7) is -0.354. The third kappa shape index (κ3) is 8.04. The second kappa shape index (κ2) is 14.1. The van der Waals surface area contributed by atoms with Crippen molar-refractivity contribution in [3.8, 4) is 5.75 Å². The third-order valence-electron chi connectivity index (χ3n) is 5.77. The number of benzene rings is 4. The molecule has 0 bridgehead atoms. The molecule has 44 heavy (non-hydrogen) atoms. The number of thiazole rings is 1. The highest BCUT2D eigenvalue weighted by atomic mass is 35.5.